The zero-order chi connectivity index (χ0) is 8.85. The number of hydrogen-bond acceptors (Lipinski definition) is 1. The lowest BCUT2D eigenvalue weighted by molar-refractivity contribution is 1.10. The van der Waals surface area contributed by atoms with Crippen molar-refractivity contribution in [2.45, 2.75) is 34.1 Å². The Morgan fingerprint density at radius 3 is 2.18 bits per heavy atom. The molecule has 0 radical (unpaired) electrons. The Bertz CT molecular complexity index is 197. The largest absolute Gasteiger partial charge is 0.305 e. The van der Waals surface area contributed by atoms with Crippen LogP contribution in [0.4, 0.5) is 0 Å². The molecule has 0 fully saturated rings. The molecule has 0 unspecified atom stereocenters. The van der Waals surface area contributed by atoms with E-state index in [2.05, 4.69) is 19.9 Å². The van der Waals surface area contributed by atoms with E-state index in [9.17, 15) is 0 Å². The molecule has 0 aromatic carbocycles. The average Bonchev–Trinajstić information content (AvgIpc) is 1.99. The maximum atomic E-state index is 7.41. The average molecular weight is 151 g/mol. The molecule has 0 heterocycles. The summed E-state index contributed by atoms with van der Waals surface area (Å²) in [5.74, 6) is 0. The lowest BCUT2D eigenvalue weighted by Gasteiger charge is -1.99. The van der Waals surface area contributed by atoms with Crippen molar-refractivity contribution in [1.29, 1.82) is 5.41 Å². The summed E-state index contributed by atoms with van der Waals surface area (Å²) >= 11 is 0. The van der Waals surface area contributed by atoms with Crippen molar-refractivity contribution in [3.8, 4) is 0 Å². The van der Waals surface area contributed by atoms with E-state index < -0.39 is 0 Å². The fourth-order valence-electron chi connectivity index (χ4n) is 0.776. The Balaban J connectivity index is 4.45. The monoisotopic (exact) mass is 151 g/mol. The predicted octanol–water partition coefficient (Wildman–Crippen LogP) is 3.33. The van der Waals surface area contributed by atoms with Crippen LogP contribution in [0.5, 0.6) is 0 Å². The first-order valence-corrected chi connectivity index (χ1v) is 4.00. The first-order chi connectivity index (χ1) is 5.11. The van der Waals surface area contributed by atoms with E-state index in [1.165, 1.54) is 5.57 Å². The van der Waals surface area contributed by atoms with Crippen LogP contribution in [0.1, 0.15) is 34.1 Å². The van der Waals surface area contributed by atoms with Gasteiger partial charge in [0, 0.05) is 5.71 Å². The molecule has 0 aromatic rings. The highest BCUT2D eigenvalue weighted by Gasteiger charge is 1.93. The molecule has 0 aromatic heterocycles. The fraction of sp³-hybridized carbons (Fsp3) is 0.500. The van der Waals surface area contributed by atoms with E-state index in [0.29, 0.717) is 5.71 Å². The third-order valence-electron chi connectivity index (χ3n) is 1.70. The van der Waals surface area contributed by atoms with Gasteiger partial charge in [0.05, 0.1) is 0 Å². The summed E-state index contributed by atoms with van der Waals surface area (Å²) in [7, 11) is 0. The van der Waals surface area contributed by atoms with Gasteiger partial charge in [-0.2, -0.15) is 0 Å². The minimum absolute atomic E-state index is 0.639. The molecule has 1 N–H and O–H groups in total. The smallest absolute Gasteiger partial charge is 0.0351 e. The lowest BCUT2D eigenvalue weighted by atomic mass is 10.1. The third-order valence-corrected chi connectivity index (χ3v) is 1.70. The zero-order valence-corrected chi connectivity index (χ0v) is 7.86. The van der Waals surface area contributed by atoms with Gasteiger partial charge in [-0.05, 0) is 32.8 Å². The fourth-order valence-corrected chi connectivity index (χ4v) is 0.776. The van der Waals surface area contributed by atoms with Gasteiger partial charge in [0.15, 0.2) is 0 Å². The number of rotatable bonds is 3. The standard InChI is InChI=1S/C10H17N/c1-5-8(3)7-10(6-2)9(4)11/h6-7,11H,5H2,1-4H3/b8-7-,10-6+,11-9?. The summed E-state index contributed by atoms with van der Waals surface area (Å²) in [5, 5.41) is 7.41. The highest BCUT2D eigenvalue weighted by Crippen LogP contribution is 2.06. The minimum atomic E-state index is 0.639. The van der Waals surface area contributed by atoms with Crippen LogP contribution in [-0.4, -0.2) is 5.71 Å². The summed E-state index contributed by atoms with van der Waals surface area (Å²) in [6.07, 6.45) is 5.11. The van der Waals surface area contributed by atoms with Crippen molar-refractivity contribution in [2.75, 3.05) is 0 Å². The van der Waals surface area contributed by atoms with Crippen molar-refractivity contribution in [1.82, 2.24) is 0 Å². The van der Waals surface area contributed by atoms with Crippen LogP contribution >= 0.6 is 0 Å². The Kier molecular flexibility index (Phi) is 4.51. The molecule has 0 bridgehead atoms. The Labute approximate surface area is 69.3 Å². The quantitative estimate of drug-likeness (QED) is 0.472. The highest BCUT2D eigenvalue weighted by atomic mass is 14.4. The van der Waals surface area contributed by atoms with E-state index in [-0.39, 0.29) is 0 Å². The van der Waals surface area contributed by atoms with Gasteiger partial charge in [-0.1, -0.05) is 24.6 Å². The molecule has 0 aliphatic rings. The molecular formula is C10H17N. The van der Waals surface area contributed by atoms with Crippen molar-refractivity contribution >= 4 is 5.71 Å². The molecule has 0 rings (SSSR count). The first kappa shape index (κ1) is 10.2. The second-order valence-corrected chi connectivity index (χ2v) is 2.71. The molecule has 0 spiro atoms. The molecule has 0 saturated heterocycles. The Hall–Kier alpha value is -0.850. The van der Waals surface area contributed by atoms with Crippen molar-refractivity contribution in [2.24, 2.45) is 0 Å². The summed E-state index contributed by atoms with van der Waals surface area (Å²) in [6, 6.07) is 0. The van der Waals surface area contributed by atoms with Gasteiger partial charge in [-0.25, -0.2) is 0 Å². The summed E-state index contributed by atoms with van der Waals surface area (Å²) in [5.41, 5.74) is 2.99. The van der Waals surface area contributed by atoms with Gasteiger partial charge in [-0.3, -0.25) is 0 Å². The van der Waals surface area contributed by atoms with E-state index in [0.717, 1.165) is 12.0 Å². The second-order valence-electron chi connectivity index (χ2n) is 2.71. The van der Waals surface area contributed by atoms with Gasteiger partial charge >= 0.3 is 0 Å². The maximum absolute atomic E-state index is 7.41. The van der Waals surface area contributed by atoms with Gasteiger partial charge in [0.2, 0.25) is 0 Å². The molecule has 62 valence electrons. The van der Waals surface area contributed by atoms with Crippen molar-refractivity contribution in [3.05, 3.63) is 23.3 Å². The van der Waals surface area contributed by atoms with E-state index in [1.54, 1.807) is 0 Å². The van der Waals surface area contributed by atoms with Gasteiger partial charge in [-0.15, -0.1) is 0 Å². The second kappa shape index (κ2) is 4.89. The lowest BCUT2D eigenvalue weighted by Crippen LogP contribution is -1.91. The van der Waals surface area contributed by atoms with Crippen LogP contribution in [0.2, 0.25) is 0 Å². The summed E-state index contributed by atoms with van der Waals surface area (Å²) in [6.45, 7) is 7.99. The number of hydrogen-bond donors (Lipinski definition) is 1. The van der Waals surface area contributed by atoms with Crippen LogP contribution in [-0.2, 0) is 0 Å². The van der Waals surface area contributed by atoms with Gasteiger partial charge in [0.25, 0.3) is 0 Å². The molecule has 0 saturated carbocycles. The Morgan fingerprint density at radius 1 is 1.36 bits per heavy atom. The molecule has 0 aliphatic heterocycles. The number of allylic oxidation sites excluding steroid dienone is 4. The summed E-state index contributed by atoms with van der Waals surface area (Å²) < 4.78 is 0. The number of nitrogens with one attached hydrogen (secondary N) is 1. The topological polar surface area (TPSA) is 23.9 Å². The van der Waals surface area contributed by atoms with E-state index >= 15 is 0 Å². The molecule has 1 nitrogen and oxygen atoms in total. The summed E-state index contributed by atoms with van der Waals surface area (Å²) in [4.78, 5) is 0. The first-order valence-electron chi connectivity index (χ1n) is 4.00. The van der Waals surface area contributed by atoms with E-state index in [1.807, 2.05) is 19.9 Å². The maximum Gasteiger partial charge on any atom is 0.0351 e. The van der Waals surface area contributed by atoms with Crippen LogP contribution < -0.4 is 0 Å². The molecule has 0 aliphatic carbocycles. The molecule has 0 atom stereocenters. The van der Waals surface area contributed by atoms with E-state index in [4.69, 9.17) is 5.41 Å². The van der Waals surface area contributed by atoms with Crippen molar-refractivity contribution in [3.63, 3.8) is 0 Å². The SMILES string of the molecule is C/C=C(\C=C(\C)CC)C(C)=N. The van der Waals surface area contributed by atoms with Crippen LogP contribution in [0, 0.1) is 5.41 Å². The minimum Gasteiger partial charge on any atom is -0.305 e. The van der Waals surface area contributed by atoms with Crippen LogP contribution in [0.3, 0.4) is 0 Å². The zero-order valence-electron chi connectivity index (χ0n) is 7.86. The third kappa shape index (κ3) is 3.76. The van der Waals surface area contributed by atoms with Gasteiger partial charge < -0.3 is 5.41 Å². The Morgan fingerprint density at radius 2 is 1.91 bits per heavy atom. The van der Waals surface area contributed by atoms with Crippen LogP contribution in [0.25, 0.3) is 0 Å². The molecule has 0 amide bonds. The van der Waals surface area contributed by atoms with Gasteiger partial charge in [0.1, 0.15) is 0 Å². The molecule has 1 heteroatoms. The van der Waals surface area contributed by atoms with Crippen molar-refractivity contribution < 1.29 is 0 Å². The van der Waals surface area contributed by atoms with Crippen LogP contribution in [0.15, 0.2) is 23.3 Å². The molecule has 11 heavy (non-hydrogen) atoms. The highest BCUT2D eigenvalue weighted by molar-refractivity contribution is 5.98. The molecular weight excluding hydrogens is 134 g/mol. The normalized spacial score (nSPS) is 13.5. The predicted molar refractivity (Wildman–Crippen MR) is 51.2 cm³/mol.